The molecule has 118 valence electrons. The molecular weight excluding hydrogens is 313 g/mol. The molecule has 0 aliphatic carbocycles. The van der Waals surface area contributed by atoms with Crippen molar-refractivity contribution in [3.63, 3.8) is 0 Å². The highest BCUT2D eigenvalue weighted by Crippen LogP contribution is 2.26. The van der Waals surface area contributed by atoms with Gasteiger partial charge in [-0.3, -0.25) is 15.0 Å². The van der Waals surface area contributed by atoms with Crippen molar-refractivity contribution in [3.8, 4) is 0 Å². The van der Waals surface area contributed by atoms with Gasteiger partial charge in [-0.1, -0.05) is 17.7 Å². The number of nitrogens with one attached hydrogen (secondary N) is 1. The number of hydrogen-bond donors (Lipinski definition) is 1. The summed E-state index contributed by atoms with van der Waals surface area (Å²) in [5.74, 6) is 0.663. The average molecular weight is 334 g/mol. The molecule has 0 spiro atoms. The normalized spacial score (nSPS) is 19.0. The zero-order valence-corrected chi connectivity index (χ0v) is 13.6. The third-order valence-electron chi connectivity index (χ3n) is 3.71. The van der Waals surface area contributed by atoms with E-state index in [1.165, 1.54) is 12.8 Å². The SMILES string of the molecule is CNCC1CCCN(Cc2ccc(Cl)c([N+](=O)[O-])c2)C1.Cl. The van der Waals surface area contributed by atoms with Gasteiger partial charge in [-0.2, -0.15) is 0 Å². The molecule has 0 radical (unpaired) electrons. The molecule has 21 heavy (non-hydrogen) atoms. The second kappa shape index (κ2) is 8.54. The Morgan fingerprint density at radius 3 is 2.95 bits per heavy atom. The van der Waals surface area contributed by atoms with Crippen LogP contribution in [0.2, 0.25) is 5.02 Å². The van der Waals surface area contributed by atoms with Crippen molar-refractivity contribution in [2.45, 2.75) is 19.4 Å². The Kier molecular flexibility index (Phi) is 7.39. The Hall–Kier alpha value is -0.880. The summed E-state index contributed by atoms with van der Waals surface area (Å²) in [4.78, 5) is 12.8. The van der Waals surface area contributed by atoms with Crippen LogP contribution in [-0.4, -0.2) is 36.5 Å². The van der Waals surface area contributed by atoms with Crippen LogP contribution in [0, 0.1) is 16.0 Å². The molecular formula is C14H21Cl2N3O2. The van der Waals surface area contributed by atoms with Crippen LogP contribution < -0.4 is 5.32 Å². The highest BCUT2D eigenvalue weighted by molar-refractivity contribution is 6.32. The van der Waals surface area contributed by atoms with E-state index < -0.39 is 4.92 Å². The third kappa shape index (κ3) is 5.11. The summed E-state index contributed by atoms with van der Waals surface area (Å²) in [6.07, 6.45) is 2.43. The van der Waals surface area contributed by atoms with Gasteiger partial charge in [-0.05, 0) is 50.5 Å². The van der Waals surface area contributed by atoms with Gasteiger partial charge in [0, 0.05) is 19.2 Å². The summed E-state index contributed by atoms with van der Waals surface area (Å²) < 4.78 is 0. The molecule has 1 fully saturated rings. The second-order valence-electron chi connectivity index (χ2n) is 5.34. The van der Waals surface area contributed by atoms with Crippen molar-refractivity contribution in [3.05, 3.63) is 38.9 Å². The number of nitrogens with zero attached hydrogens (tertiary/aromatic N) is 2. The lowest BCUT2D eigenvalue weighted by Gasteiger charge is -2.32. The Bertz CT molecular complexity index is 483. The van der Waals surface area contributed by atoms with E-state index in [0.717, 1.165) is 31.7 Å². The smallest absolute Gasteiger partial charge is 0.288 e. The largest absolute Gasteiger partial charge is 0.319 e. The molecule has 1 N–H and O–H groups in total. The summed E-state index contributed by atoms with van der Waals surface area (Å²) >= 11 is 5.83. The average Bonchev–Trinajstić information content (AvgIpc) is 2.41. The topological polar surface area (TPSA) is 58.4 Å². The van der Waals surface area contributed by atoms with Gasteiger partial charge in [0.1, 0.15) is 5.02 Å². The quantitative estimate of drug-likeness (QED) is 0.664. The fraction of sp³-hybridized carbons (Fsp3) is 0.571. The summed E-state index contributed by atoms with van der Waals surface area (Å²) in [7, 11) is 1.97. The van der Waals surface area contributed by atoms with Gasteiger partial charge in [-0.25, -0.2) is 0 Å². The number of nitro benzene ring substituents is 1. The Labute approximate surface area is 136 Å². The lowest BCUT2D eigenvalue weighted by molar-refractivity contribution is -0.384. The first-order chi connectivity index (χ1) is 9.60. The second-order valence-corrected chi connectivity index (χ2v) is 5.75. The summed E-state index contributed by atoms with van der Waals surface area (Å²) in [6.45, 7) is 3.86. The molecule has 7 heteroatoms. The van der Waals surface area contributed by atoms with Crippen LogP contribution in [0.5, 0.6) is 0 Å². The lowest BCUT2D eigenvalue weighted by Crippen LogP contribution is -2.38. The van der Waals surface area contributed by atoms with Gasteiger partial charge in [0.15, 0.2) is 0 Å². The van der Waals surface area contributed by atoms with Crippen molar-refractivity contribution in [1.29, 1.82) is 0 Å². The minimum Gasteiger partial charge on any atom is -0.319 e. The van der Waals surface area contributed by atoms with Crippen molar-refractivity contribution in [2.24, 2.45) is 5.92 Å². The molecule has 1 aromatic carbocycles. The van der Waals surface area contributed by atoms with Gasteiger partial charge < -0.3 is 5.32 Å². The first-order valence-corrected chi connectivity index (χ1v) is 7.27. The minimum atomic E-state index is -0.425. The molecule has 1 unspecified atom stereocenters. The Morgan fingerprint density at radius 1 is 1.52 bits per heavy atom. The predicted molar refractivity (Wildman–Crippen MR) is 87.3 cm³/mol. The molecule has 1 saturated heterocycles. The van der Waals surface area contributed by atoms with Crippen molar-refractivity contribution < 1.29 is 4.92 Å². The first-order valence-electron chi connectivity index (χ1n) is 6.90. The van der Waals surface area contributed by atoms with E-state index in [9.17, 15) is 10.1 Å². The van der Waals surface area contributed by atoms with Gasteiger partial charge in [0.05, 0.1) is 4.92 Å². The number of halogens is 2. The summed E-state index contributed by atoms with van der Waals surface area (Å²) in [6, 6.07) is 5.07. The fourth-order valence-corrected chi connectivity index (χ4v) is 2.99. The van der Waals surface area contributed by atoms with E-state index in [1.807, 2.05) is 13.1 Å². The minimum absolute atomic E-state index is 0. The molecule has 0 saturated carbocycles. The molecule has 1 aliphatic heterocycles. The molecule has 1 aromatic rings. The standard InChI is InChI=1S/C14H20ClN3O2.ClH/c1-16-8-12-3-2-6-17(10-12)9-11-4-5-13(15)14(7-11)18(19)20;/h4-5,7,12,16H,2-3,6,8-10H2,1H3;1H. The predicted octanol–water partition coefficient (Wildman–Crippen LogP) is 3.10. The van der Waals surface area contributed by atoms with Crippen molar-refractivity contribution in [1.82, 2.24) is 10.2 Å². The van der Waals surface area contributed by atoms with E-state index in [2.05, 4.69) is 10.2 Å². The Morgan fingerprint density at radius 2 is 2.29 bits per heavy atom. The van der Waals surface area contributed by atoms with Crippen LogP contribution in [-0.2, 0) is 6.54 Å². The van der Waals surface area contributed by atoms with Crippen molar-refractivity contribution in [2.75, 3.05) is 26.7 Å². The maximum absolute atomic E-state index is 10.9. The van der Waals surface area contributed by atoms with Crippen LogP contribution >= 0.6 is 24.0 Å². The van der Waals surface area contributed by atoms with Crippen LogP contribution in [0.15, 0.2) is 18.2 Å². The van der Waals surface area contributed by atoms with Gasteiger partial charge in [-0.15, -0.1) is 12.4 Å². The van der Waals surface area contributed by atoms with Gasteiger partial charge in [0.2, 0.25) is 0 Å². The third-order valence-corrected chi connectivity index (χ3v) is 4.03. The molecule has 5 nitrogen and oxygen atoms in total. The molecule has 0 bridgehead atoms. The van der Waals surface area contributed by atoms with Crippen molar-refractivity contribution >= 4 is 29.7 Å². The van der Waals surface area contributed by atoms with Crippen LogP contribution in [0.1, 0.15) is 18.4 Å². The lowest BCUT2D eigenvalue weighted by atomic mass is 9.97. The molecule has 1 atom stereocenters. The molecule has 0 amide bonds. The van der Waals surface area contributed by atoms with E-state index in [-0.39, 0.29) is 23.1 Å². The number of benzene rings is 1. The highest BCUT2D eigenvalue weighted by Gasteiger charge is 2.20. The highest BCUT2D eigenvalue weighted by atomic mass is 35.5. The monoisotopic (exact) mass is 333 g/mol. The zero-order valence-electron chi connectivity index (χ0n) is 12.0. The molecule has 1 heterocycles. The van der Waals surface area contributed by atoms with E-state index in [4.69, 9.17) is 11.6 Å². The Balaban J connectivity index is 0.00000220. The van der Waals surface area contributed by atoms with Crippen LogP contribution in [0.25, 0.3) is 0 Å². The maximum Gasteiger partial charge on any atom is 0.288 e. The summed E-state index contributed by atoms with van der Waals surface area (Å²) in [5.41, 5.74) is 0.944. The van der Waals surface area contributed by atoms with Crippen LogP contribution in [0.3, 0.4) is 0 Å². The van der Waals surface area contributed by atoms with E-state index in [1.54, 1.807) is 12.1 Å². The number of hydrogen-bond acceptors (Lipinski definition) is 4. The molecule has 0 aromatic heterocycles. The number of piperidine rings is 1. The number of nitro groups is 1. The molecule has 1 aliphatic rings. The fourth-order valence-electron chi connectivity index (χ4n) is 2.80. The van der Waals surface area contributed by atoms with Crippen LogP contribution in [0.4, 0.5) is 5.69 Å². The number of rotatable bonds is 5. The van der Waals surface area contributed by atoms with E-state index >= 15 is 0 Å². The van der Waals surface area contributed by atoms with Gasteiger partial charge >= 0.3 is 0 Å². The number of likely N-dealkylation sites (tertiary alicyclic amines) is 1. The van der Waals surface area contributed by atoms with E-state index in [0.29, 0.717) is 5.92 Å². The maximum atomic E-state index is 10.9. The molecule has 2 rings (SSSR count). The zero-order chi connectivity index (χ0) is 14.5. The first kappa shape index (κ1) is 18.2. The van der Waals surface area contributed by atoms with Gasteiger partial charge in [0.25, 0.3) is 5.69 Å². The summed E-state index contributed by atoms with van der Waals surface area (Å²) in [5, 5.41) is 14.3.